The summed E-state index contributed by atoms with van der Waals surface area (Å²) >= 11 is 0. The lowest BCUT2D eigenvalue weighted by molar-refractivity contribution is 0.481. The van der Waals surface area contributed by atoms with Crippen molar-refractivity contribution in [3.05, 3.63) is 53.2 Å². The van der Waals surface area contributed by atoms with Gasteiger partial charge in [-0.05, 0) is 38.1 Å². The molecule has 0 amide bonds. The number of halogens is 1. The largest absolute Gasteiger partial charge is 0.464 e. The zero-order chi connectivity index (χ0) is 14.0. The molecule has 0 aliphatic heterocycles. The topological polar surface area (TPSA) is 42.4 Å². The highest BCUT2D eigenvalue weighted by Crippen LogP contribution is 2.28. The number of anilines is 1. The van der Waals surface area contributed by atoms with E-state index in [4.69, 9.17) is 10.2 Å². The maximum atomic E-state index is 13.9. The van der Waals surface area contributed by atoms with E-state index in [9.17, 15) is 4.39 Å². The summed E-state index contributed by atoms with van der Waals surface area (Å²) in [4.78, 5) is 1.94. The first-order valence-corrected chi connectivity index (χ1v) is 6.29. The molecule has 102 valence electrons. The molecular weight excluding hydrogens is 243 g/mol. The van der Waals surface area contributed by atoms with Crippen molar-refractivity contribution >= 4 is 5.69 Å². The maximum Gasteiger partial charge on any atom is 0.130 e. The Kier molecular flexibility index (Phi) is 3.90. The fraction of sp³-hybridized carbons (Fsp3) is 0.333. The fourth-order valence-electron chi connectivity index (χ4n) is 2.20. The molecule has 0 fully saturated rings. The molecule has 1 atom stereocenters. The Morgan fingerprint density at radius 3 is 2.63 bits per heavy atom. The van der Waals surface area contributed by atoms with Gasteiger partial charge in [-0.25, -0.2) is 4.39 Å². The highest BCUT2D eigenvalue weighted by atomic mass is 19.1. The number of hydrogen-bond acceptors (Lipinski definition) is 3. The Bertz CT molecular complexity index is 563. The molecular formula is C15H19FN2O. The number of rotatable bonds is 4. The molecule has 0 saturated heterocycles. The highest BCUT2D eigenvalue weighted by molar-refractivity contribution is 5.55. The van der Waals surface area contributed by atoms with Gasteiger partial charge in [-0.15, -0.1) is 0 Å². The average Bonchev–Trinajstić information content (AvgIpc) is 2.73. The van der Waals surface area contributed by atoms with Crippen LogP contribution in [-0.2, 0) is 6.54 Å². The Morgan fingerprint density at radius 2 is 2.05 bits per heavy atom. The van der Waals surface area contributed by atoms with Crippen molar-refractivity contribution in [3.8, 4) is 0 Å². The van der Waals surface area contributed by atoms with Gasteiger partial charge in [0.15, 0.2) is 0 Å². The third-order valence-electron chi connectivity index (χ3n) is 3.09. The summed E-state index contributed by atoms with van der Waals surface area (Å²) in [5.41, 5.74) is 7.19. The van der Waals surface area contributed by atoms with E-state index in [1.165, 1.54) is 6.07 Å². The summed E-state index contributed by atoms with van der Waals surface area (Å²) in [6, 6.07) is 8.50. The molecule has 0 aliphatic carbocycles. The van der Waals surface area contributed by atoms with E-state index in [2.05, 4.69) is 0 Å². The summed E-state index contributed by atoms with van der Waals surface area (Å²) in [7, 11) is 1.90. The average molecular weight is 262 g/mol. The lowest BCUT2D eigenvalue weighted by atomic mass is 10.1. The molecule has 0 saturated carbocycles. The Morgan fingerprint density at radius 1 is 1.32 bits per heavy atom. The van der Waals surface area contributed by atoms with Crippen LogP contribution in [0.15, 0.2) is 34.7 Å². The highest BCUT2D eigenvalue weighted by Gasteiger charge is 2.16. The predicted octanol–water partition coefficient (Wildman–Crippen LogP) is 3.38. The number of nitrogens with two attached hydrogens (primary N) is 1. The van der Waals surface area contributed by atoms with Gasteiger partial charge in [-0.3, -0.25) is 0 Å². The summed E-state index contributed by atoms with van der Waals surface area (Å²) in [6.07, 6.45) is 0. The molecule has 2 rings (SSSR count). The van der Waals surface area contributed by atoms with E-state index < -0.39 is 0 Å². The third-order valence-corrected chi connectivity index (χ3v) is 3.09. The molecule has 3 nitrogen and oxygen atoms in total. The summed E-state index contributed by atoms with van der Waals surface area (Å²) in [5, 5.41) is 0. The minimum absolute atomic E-state index is 0.269. The first kappa shape index (κ1) is 13.6. The SMILES string of the molecule is Cc1ccc(CN(C)c2cccc(F)c2[C@@H](C)N)o1. The number of benzene rings is 1. The lowest BCUT2D eigenvalue weighted by Gasteiger charge is -2.23. The molecule has 0 radical (unpaired) electrons. The van der Waals surface area contributed by atoms with Crippen LogP contribution in [0.25, 0.3) is 0 Å². The van der Waals surface area contributed by atoms with Gasteiger partial charge >= 0.3 is 0 Å². The first-order chi connectivity index (χ1) is 8.99. The van der Waals surface area contributed by atoms with E-state index in [0.717, 1.165) is 17.2 Å². The van der Waals surface area contributed by atoms with Crippen molar-refractivity contribution in [2.45, 2.75) is 26.4 Å². The fourth-order valence-corrected chi connectivity index (χ4v) is 2.20. The molecule has 0 bridgehead atoms. The number of aryl methyl sites for hydroxylation is 1. The number of hydrogen-bond donors (Lipinski definition) is 1. The molecule has 19 heavy (non-hydrogen) atoms. The molecule has 4 heteroatoms. The van der Waals surface area contributed by atoms with Crippen molar-refractivity contribution in [2.75, 3.05) is 11.9 Å². The predicted molar refractivity (Wildman–Crippen MR) is 74.6 cm³/mol. The normalized spacial score (nSPS) is 12.5. The number of nitrogens with zero attached hydrogens (tertiary/aromatic N) is 1. The van der Waals surface area contributed by atoms with Crippen molar-refractivity contribution in [1.82, 2.24) is 0 Å². The zero-order valence-corrected chi connectivity index (χ0v) is 11.5. The smallest absolute Gasteiger partial charge is 0.130 e. The van der Waals surface area contributed by atoms with Gasteiger partial charge in [0.05, 0.1) is 6.54 Å². The van der Waals surface area contributed by atoms with E-state index in [0.29, 0.717) is 12.1 Å². The van der Waals surface area contributed by atoms with Crippen LogP contribution in [0.5, 0.6) is 0 Å². The second kappa shape index (κ2) is 5.45. The quantitative estimate of drug-likeness (QED) is 0.918. The van der Waals surface area contributed by atoms with Crippen molar-refractivity contribution in [3.63, 3.8) is 0 Å². The number of furan rings is 1. The Hall–Kier alpha value is -1.81. The lowest BCUT2D eigenvalue weighted by Crippen LogP contribution is -2.21. The van der Waals surface area contributed by atoms with Gasteiger partial charge in [-0.2, -0.15) is 0 Å². The van der Waals surface area contributed by atoms with Crippen LogP contribution in [0, 0.1) is 12.7 Å². The van der Waals surface area contributed by atoms with E-state index in [1.807, 2.05) is 37.1 Å². The summed E-state index contributed by atoms with van der Waals surface area (Å²) in [5.74, 6) is 1.45. The molecule has 1 heterocycles. The Labute approximate surface area is 112 Å². The molecule has 0 unspecified atom stereocenters. The zero-order valence-electron chi connectivity index (χ0n) is 11.5. The van der Waals surface area contributed by atoms with Crippen LogP contribution < -0.4 is 10.6 Å². The van der Waals surface area contributed by atoms with Crippen molar-refractivity contribution < 1.29 is 8.81 Å². The van der Waals surface area contributed by atoms with Crippen LogP contribution in [0.1, 0.15) is 30.0 Å². The molecule has 2 N–H and O–H groups in total. The summed E-state index contributed by atoms with van der Waals surface area (Å²) in [6.45, 7) is 4.27. The van der Waals surface area contributed by atoms with Crippen LogP contribution in [-0.4, -0.2) is 7.05 Å². The van der Waals surface area contributed by atoms with Crippen LogP contribution >= 0.6 is 0 Å². The standard InChI is InChI=1S/C15H19FN2O/c1-10-7-8-12(19-10)9-18(3)14-6-4-5-13(16)15(14)11(2)17/h4-8,11H,9,17H2,1-3H3/t11-/m1/s1. The third kappa shape index (κ3) is 2.96. The van der Waals surface area contributed by atoms with E-state index in [-0.39, 0.29) is 11.9 Å². The molecule has 1 aromatic carbocycles. The van der Waals surface area contributed by atoms with E-state index >= 15 is 0 Å². The van der Waals surface area contributed by atoms with Gasteiger partial charge in [0.2, 0.25) is 0 Å². The van der Waals surface area contributed by atoms with Gasteiger partial charge in [0, 0.05) is 24.3 Å². The monoisotopic (exact) mass is 262 g/mol. The van der Waals surface area contributed by atoms with Crippen LogP contribution in [0.4, 0.5) is 10.1 Å². The van der Waals surface area contributed by atoms with Crippen molar-refractivity contribution in [2.24, 2.45) is 5.73 Å². The van der Waals surface area contributed by atoms with Crippen LogP contribution in [0.3, 0.4) is 0 Å². The molecule has 0 aliphatic rings. The second-order valence-electron chi connectivity index (χ2n) is 4.83. The first-order valence-electron chi connectivity index (χ1n) is 6.29. The van der Waals surface area contributed by atoms with Crippen LogP contribution in [0.2, 0.25) is 0 Å². The van der Waals surface area contributed by atoms with Crippen molar-refractivity contribution in [1.29, 1.82) is 0 Å². The molecule has 2 aromatic rings. The van der Waals surface area contributed by atoms with Gasteiger partial charge in [0.25, 0.3) is 0 Å². The molecule has 1 aromatic heterocycles. The van der Waals surface area contributed by atoms with E-state index in [1.54, 1.807) is 13.0 Å². The maximum absolute atomic E-state index is 13.9. The minimum atomic E-state index is -0.350. The Balaban J connectivity index is 2.28. The molecule has 0 spiro atoms. The minimum Gasteiger partial charge on any atom is -0.464 e. The van der Waals surface area contributed by atoms with Gasteiger partial charge < -0.3 is 15.1 Å². The summed E-state index contributed by atoms with van der Waals surface area (Å²) < 4.78 is 19.4. The van der Waals surface area contributed by atoms with Gasteiger partial charge in [-0.1, -0.05) is 6.07 Å². The second-order valence-corrected chi connectivity index (χ2v) is 4.83. The van der Waals surface area contributed by atoms with Gasteiger partial charge in [0.1, 0.15) is 17.3 Å².